The lowest BCUT2D eigenvalue weighted by atomic mass is 9.49. The zero-order chi connectivity index (χ0) is 93.3. The van der Waals surface area contributed by atoms with Gasteiger partial charge in [-0.1, -0.05) is 102 Å². The van der Waals surface area contributed by atoms with E-state index in [-0.39, 0.29) is 62.6 Å². The summed E-state index contributed by atoms with van der Waals surface area (Å²) in [6.45, 7) is 30.5. The third-order valence-corrected chi connectivity index (χ3v) is 25.5. The lowest BCUT2D eigenvalue weighted by Gasteiger charge is -2.32. The van der Waals surface area contributed by atoms with Gasteiger partial charge in [-0.2, -0.15) is 8.78 Å². The van der Waals surface area contributed by atoms with Crippen LogP contribution in [-0.4, -0.2) is 136 Å². The Morgan fingerprint density at radius 2 is 0.852 bits per heavy atom. The SMILES string of the molecule is CC1(C)OB(B2OC(C)(C)C(C)(C)O2)OC1(C)C.O=C(N[C@@H](Cc1ccc(B(O)O)c2ncccc12)C(=O)O)c1c(F)cc(NS(=O)(=O)c2ccc(-c3ccnc(F)c3)cc2)cc1F.[C-]#[N+]Cc1ccc(-c2ccc(C[C@H](NC(=O)c3c(F)cc(NS(=O)(=O)c4ccc(-c5ccnc(F)c5)cc4)cc3F)C(=O)O)c3cccnc23)c(Cl)c1.[C-]#[N+]Cc1ccc(Br)c(Cl)c1. The highest BCUT2D eigenvalue weighted by Crippen LogP contribution is 2.44. The summed E-state index contributed by atoms with van der Waals surface area (Å²) in [5.41, 5.74) is 1.55. The van der Waals surface area contributed by atoms with Gasteiger partial charge < -0.3 is 59.2 Å². The van der Waals surface area contributed by atoms with Crippen molar-refractivity contribution in [3.63, 3.8) is 0 Å². The van der Waals surface area contributed by atoms with Gasteiger partial charge in [-0.25, -0.2) is 67.1 Å². The van der Waals surface area contributed by atoms with Gasteiger partial charge in [0, 0.05) is 97.7 Å². The van der Waals surface area contributed by atoms with Gasteiger partial charge in [-0.15, -0.1) is 0 Å². The van der Waals surface area contributed by atoms with Crippen LogP contribution in [0.25, 0.3) is 64.9 Å². The summed E-state index contributed by atoms with van der Waals surface area (Å²) >= 11 is 15.6. The van der Waals surface area contributed by atoms with E-state index in [1.165, 1.54) is 104 Å². The second-order valence-electron chi connectivity index (χ2n) is 31.0. The fraction of sp³-hybridized carbons (Fsp3) is 0.205. The van der Waals surface area contributed by atoms with Crippen LogP contribution in [0.4, 0.5) is 37.7 Å². The molecular formula is C88H76B3BrCl2F6N10O16S2. The number of nitrogens with zero attached hydrogens (tertiary/aromatic N) is 6. The number of sulfonamides is 2. The average Bonchev–Trinajstić information content (AvgIpc) is 1.59. The fourth-order valence-corrected chi connectivity index (χ4v) is 16.0. The van der Waals surface area contributed by atoms with E-state index in [0.717, 1.165) is 21.7 Å². The molecule has 8 aromatic carbocycles. The van der Waals surface area contributed by atoms with Crippen LogP contribution in [0, 0.1) is 48.3 Å². The van der Waals surface area contributed by atoms with Gasteiger partial charge in [0.05, 0.1) is 59.6 Å². The summed E-state index contributed by atoms with van der Waals surface area (Å²) in [6, 6.07) is 38.1. The van der Waals surface area contributed by atoms with Crippen LogP contribution in [0.2, 0.25) is 10.0 Å². The zero-order valence-electron chi connectivity index (χ0n) is 68.9. The van der Waals surface area contributed by atoms with E-state index in [1.807, 2.05) is 72.2 Å². The molecule has 128 heavy (non-hydrogen) atoms. The standard InChI is InChI=1S/C38H25ClF3N5O5S.C30H22BF3N4O7S.C12H24B2O4.C8H5BrClN/c1-43-20-21-4-10-28(30(39)15-21)29-11-7-24(27-3-2-13-45-36(27)29)16-33(38(49)50)46-37(48)35-31(40)18-25(19-32(35)41)47-53(51,52)26-8-5-22(6-9-26)23-12-14-44-34(42)17-23;32-23-14-19(38-46(44,45)20-6-3-16(4-7-20)17-9-11-35-26(34)13-17)15-24(33)27(23)29(39)37-25(30(40)41)12-18-5-8-22(31(42)43)28-21(18)2-1-10-36-28;1-9(2)10(3,4)16-13(15-9)14-17-11(5,6)12(7,8)18-14;1-11-5-6-2-3-7(9)8(10)4-6/h2-15,17-19,33,47H,16,20H2,(H,46,48)(H,49,50);1-11,13-15,25,38,42-43H,12H2,(H,37,39)(H,40,41);1-8H3;2-4H,5H2/t33-;25-;;/m00../s1. The predicted octanol–water partition coefficient (Wildman–Crippen LogP) is 16.1. The number of nitrogens with one attached hydrogen (secondary N) is 4. The highest BCUT2D eigenvalue weighted by Gasteiger charge is 2.64. The molecular weight excluding hydrogens is 1810 g/mol. The van der Waals surface area contributed by atoms with Crippen LogP contribution < -0.4 is 25.5 Å². The van der Waals surface area contributed by atoms with Crippen molar-refractivity contribution in [2.24, 2.45) is 0 Å². The molecule has 658 valence electrons. The van der Waals surface area contributed by atoms with E-state index < -0.39 is 135 Å². The molecule has 0 bridgehead atoms. The van der Waals surface area contributed by atoms with Gasteiger partial charge in [0.1, 0.15) is 46.5 Å². The number of benzene rings is 8. The summed E-state index contributed by atoms with van der Waals surface area (Å²) in [7, 11) is -11.5. The molecule has 2 fully saturated rings. The van der Waals surface area contributed by atoms with E-state index in [4.69, 9.17) is 55.0 Å². The number of fused-ring (bicyclic) bond motifs is 2. The summed E-state index contributed by atoms with van der Waals surface area (Å²) in [5, 5.41) is 45.2. The Kier molecular flexibility index (Phi) is 30.2. The molecule has 12 aromatic rings. The van der Waals surface area contributed by atoms with Gasteiger partial charge in [0.15, 0.2) is 0 Å². The Labute approximate surface area is 750 Å². The van der Waals surface area contributed by atoms with Crippen LogP contribution in [0.15, 0.2) is 221 Å². The maximum absolute atomic E-state index is 15.3. The number of amides is 2. The molecule has 0 spiro atoms. The lowest BCUT2D eigenvalue weighted by Crippen LogP contribution is -2.43. The highest BCUT2D eigenvalue weighted by molar-refractivity contribution is 9.10. The fourth-order valence-electron chi connectivity index (χ4n) is 13.2. The lowest BCUT2D eigenvalue weighted by molar-refractivity contribution is -0.140. The Morgan fingerprint density at radius 3 is 1.23 bits per heavy atom. The second-order valence-corrected chi connectivity index (χ2v) is 36.0. The maximum atomic E-state index is 15.3. The summed E-state index contributed by atoms with van der Waals surface area (Å²) in [4.78, 5) is 71.9. The van der Waals surface area contributed by atoms with Crippen LogP contribution in [0.1, 0.15) is 98.4 Å². The number of rotatable bonds is 23. The molecule has 2 aliphatic rings. The maximum Gasteiger partial charge on any atom is 0.490 e. The van der Waals surface area contributed by atoms with E-state index in [9.17, 15) is 65.1 Å². The Morgan fingerprint density at radius 1 is 0.477 bits per heavy atom. The topological polar surface area (TPSA) is 363 Å². The molecule has 0 aliphatic carbocycles. The number of pyridine rings is 4. The number of halogens is 9. The number of aromatic nitrogens is 4. The van der Waals surface area contributed by atoms with Crippen molar-refractivity contribution in [2.75, 3.05) is 9.44 Å². The molecule has 2 amide bonds. The number of aliphatic carboxylic acids is 2. The molecule has 40 heteroatoms. The predicted molar refractivity (Wildman–Crippen MR) is 474 cm³/mol. The number of carboxylic acids is 2. The number of carboxylic acid groups (broad SMARTS) is 2. The van der Waals surface area contributed by atoms with Crippen molar-refractivity contribution in [3.8, 4) is 33.4 Å². The molecule has 2 atom stereocenters. The minimum atomic E-state index is -4.37. The largest absolute Gasteiger partial charge is 0.490 e. The van der Waals surface area contributed by atoms with Gasteiger partial charge in [-0.05, 0) is 196 Å². The quantitative estimate of drug-likeness (QED) is 0.0128. The molecule has 8 N–H and O–H groups in total. The van der Waals surface area contributed by atoms with Crippen molar-refractivity contribution >= 4 is 143 Å². The van der Waals surface area contributed by atoms with Gasteiger partial charge in [0.2, 0.25) is 25.0 Å². The molecule has 26 nitrogen and oxygen atoms in total. The second kappa shape index (κ2) is 40.0. The number of anilines is 2. The Hall–Kier alpha value is -12.2. The smallest absolute Gasteiger partial charge is 0.480 e. The number of hydrogen-bond acceptors (Lipinski definition) is 18. The van der Waals surface area contributed by atoms with E-state index in [2.05, 4.69) is 60.9 Å². The molecule has 0 saturated carbocycles. The minimum Gasteiger partial charge on any atom is -0.480 e. The van der Waals surface area contributed by atoms with Crippen molar-refractivity contribution in [1.29, 1.82) is 0 Å². The molecule has 0 unspecified atom stereocenters. The first kappa shape index (κ1) is 96.5. The van der Waals surface area contributed by atoms with Crippen molar-refractivity contribution in [2.45, 2.75) is 126 Å². The van der Waals surface area contributed by atoms with Crippen LogP contribution in [0.3, 0.4) is 0 Å². The van der Waals surface area contributed by atoms with Gasteiger partial charge in [0.25, 0.3) is 31.9 Å². The van der Waals surface area contributed by atoms with E-state index in [0.29, 0.717) is 102 Å². The van der Waals surface area contributed by atoms with Crippen LogP contribution in [0.5, 0.6) is 0 Å². The van der Waals surface area contributed by atoms with Crippen molar-refractivity contribution < 1.29 is 101 Å². The Bertz CT molecular complexity index is 6500. The number of carbonyl (C=O) groups excluding carboxylic acids is 2. The summed E-state index contributed by atoms with van der Waals surface area (Å²) in [5.74, 6) is -13.1. The molecule has 4 aromatic heterocycles. The average molecular weight is 1890 g/mol. The minimum absolute atomic E-state index is 0.0637. The number of carbonyl (C=O) groups is 4. The molecule has 2 saturated heterocycles. The monoisotopic (exact) mass is 1890 g/mol. The normalized spacial score (nSPS) is 14.5. The molecule has 6 heterocycles. The van der Waals surface area contributed by atoms with E-state index in [1.54, 1.807) is 60.8 Å². The van der Waals surface area contributed by atoms with Gasteiger partial charge >= 0.3 is 33.1 Å². The van der Waals surface area contributed by atoms with Gasteiger partial charge in [-0.3, -0.25) is 29.0 Å². The van der Waals surface area contributed by atoms with Crippen molar-refractivity contribution in [1.82, 2.24) is 30.6 Å². The van der Waals surface area contributed by atoms with Crippen molar-refractivity contribution in [3.05, 3.63) is 313 Å². The molecule has 2 aliphatic heterocycles. The summed E-state index contributed by atoms with van der Waals surface area (Å²) < 4.78 is 168. The summed E-state index contributed by atoms with van der Waals surface area (Å²) in [6.07, 6.45) is 4.79. The number of hydrogen-bond donors (Lipinski definition) is 8. The zero-order valence-corrected chi connectivity index (χ0v) is 73.7. The first-order valence-electron chi connectivity index (χ1n) is 38.5. The molecule has 0 radical (unpaired) electrons. The first-order valence-corrected chi connectivity index (χ1v) is 43.1. The Balaban J connectivity index is 0.000000190. The van der Waals surface area contributed by atoms with Crippen LogP contribution >= 0.6 is 39.1 Å². The first-order chi connectivity index (χ1) is 60.3. The highest BCUT2D eigenvalue weighted by atomic mass is 79.9. The van der Waals surface area contributed by atoms with E-state index >= 15 is 17.6 Å². The molecule has 14 rings (SSSR count). The third-order valence-electron chi connectivity index (χ3n) is 21.2. The third kappa shape index (κ3) is 22.9. The van der Waals surface area contributed by atoms with Crippen LogP contribution in [-0.2, 0) is 74.2 Å².